The van der Waals surface area contributed by atoms with Crippen molar-refractivity contribution in [1.82, 2.24) is 14.7 Å². The molecule has 4 rings (SSSR count). The van der Waals surface area contributed by atoms with Gasteiger partial charge in [0.2, 0.25) is 5.91 Å². The highest BCUT2D eigenvalue weighted by atomic mass is 19.1. The maximum Gasteiger partial charge on any atom is 0.340 e. The van der Waals surface area contributed by atoms with E-state index in [4.69, 9.17) is 9.26 Å². The zero-order valence-corrected chi connectivity index (χ0v) is 16.9. The number of anilines is 1. The molecule has 0 saturated carbocycles. The van der Waals surface area contributed by atoms with Crippen molar-refractivity contribution in [2.45, 2.75) is 13.5 Å². The summed E-state index contributed by atoms with van der Waals surface area (Å²) in [5.41, 5.74) is 0.301. The predicted octanol–water partition coefficient (Wildman–Crippen LogP) is 3.01. The minimum absolute atomic E-state index is 0.0258. The average molecular weight is 436 g/mol. The van der Waals surface area contributed by atoms with Crippen LogP contribution in [0.4, 0.5) is 10.1 Å². The summed E-state index contributed by atoms with van der Waals surface area (Å²) in [6.45, 7) is 1.48. The van der Waals surface area contributed by atoms with Gasteiger partial charge in [0.1, 0.15) is 29.8 Å². The third kappa shape index (κ3) is 4.10. The maximum atomic E-state index is 13.6. The summed E-state index contributed by atoms with van der Waals surface area (Å²) in [4.78, 5) is 41.7. The molecule has 0 atom stereocenters. The number of ether oxygens (including phenoxy) is 1. The van der Waals surface area contributed by atoms with E-state index in [1.807, 2.05) is 0 Å². The van der Waals surface area contributed by atoms with Crippen LogP contribution in [0.25, 0.3) is 22.4 Å². The molecular weight excluding hydrogens is 419 g/mol. The maximum absolute atomic E-state index is 13.6. The van der Waals surface area contributed by atoms with E-state index in [2.05, 4.69) is 15.5 Å². The third-order valence-corrected chi connectivity index (χ3v) is 4.57. The van der Waals surface area contributed by atoms with E-state index in [0.717, 1.165) is 10.9 Å². The number of amides is 1. The average Bonchev–Trinajstić information content (AvgIpc) is 3.21. The van der Waals surface area contributed by atoms with Gasteiger partial charge in [-0.05, 0) is 31.2 Å². The van der Waals surface area contributed by atoms with Crippen molar-refractivity contribution in [3.63, 3.8) is 0 Å². The van der Waals surface area contributed by atoms with E-state index >= 15 is 0 Å². The van der Waals surface area contributed by atoms with Crippen LogP contribution >= 0.6 is 0 Å². The van der Waals surface area contributed by atoms with E-state index in [-0.39, 0.29) is 41.2 Å². The van der Waals surface area contributed by atoms with Gasteiger partial charge in [0.05, 0.1) is 17.9 Å². The summed E-state index contributed by atoms with van der Waals surface area (Å²) in [5, 5.41) is 6.47. The Morgan fingerprint density at radius 1 is 1.19 bits per heavy atom. The molecule has 2 heterocycles. The molecule has 0 saturated heterocycles. The van der Waals surface area contributed by atoms with Crippen molar-refractivity contribution in [1.29, 1.82) is 0 Å². The Hall–Kier alpha value is -4.34. The molecule has 0 aliphatic carbocycles. The van der Waals surface area contributed by atoms with Crippen LogP contribution in [0.5, 0.6) is 0 Å². The summed E-state index contributed by atoms with van der Waals surface area (Å²) in [5.74, 6) is -1.64. The Bertz CT molecular complexity index is 1380. The van der Waals surface area contributed by atoms with Crippen LogP contribution in [0.15, 0.2) is 64.2 Å². The van der Waals surface area contributed by atoms with Crippen LogP contribution in [-0.2, 0) is 16.1 Å². The second-order valence-corrected chi connectivity index (χ2v) is 6.71. The summed E-state index contributed by atoms with van der Waals surface area (Å²) >= 11 is 0. The van der Waals surface area contributed by atoms with Gasteiger partial charge in [-0.1, -0.05) is 29.4 Å². The number of benzene rings is 2. The number of aromatic nitrogens is 3. The highest BCUT2D eigenvalue weighted by Crippen LogP contribution is 2.24. The van der Waals surface area contributed by atoms with E-state index in [1.54, 1.807) is 31.2 Å². The third-order valence-electron chi connectivity index (χ3n) is 4.57. The molecule has 0 aliphatic rings. The number of esters is 1. The molecule has 0 bridgehead atoms. The molecule has 32 heavy (non-hydrogen) atoms. The molecule has 9 nitrogen and oxygen atoms in total. The van der Waals surface area contributed by atoms with Crippen molar-refractivity contribution >= 4 is 28.7 Å². The zero-order valence-electron chi connectivity index (χ0n) is 16.9. The lowest BCUT2D eigenvalue weighted by Gasteiger charge is -2.11. The van der Waals surface area contributed by atoms with Crippen molar-refractivity contribution in [3.8, 4) is 11.3 Å². The first-order chi connectivity index (χ1) is 15.5. The van der Waals surface area contributed by atoms with Crippen molar-refractivity contribution in [2.75, 3.05) is 11.9 Å². The molecule has 2 aromatic heterocycles. The Morgan fingerprint density at radius 3 is 2.78 bits per heavy atom. The zero-order chi connectivity index (χ0) is 22.7. The van der Waals surface area contributed by atoms with Crippen LogP contribution in [0.1, 0.15) is 17.3 Å². The fraction of sp³-hybridized carbons (Fsp3) is 0.136. The number of nitrogens with zero attached hydrogens (tertiary/aromatic N) is 3. The highest BCUT2D eigenvalue weighted by molar-refractivity contribution is 6.01. The van der Waals surface area contributed by atoms with Gasteiger partial charge in [-0.15, -0.1) is 0 Å². The number of halogens is 1. The van der Waals surface area contributed by atoms with Gasteiger partial charge < -0.3 is 14.6 Å². The first-order valence-electron chi connectivity index (χ1n) is 9.64. The lowest BCUT2D eigenvalue weighted by atomic mass is 10.1. The second-order valence-electron chi connectivity index (χ2n) is 6.71. The second kappa shape index (κ2) is 8.80. The Labute approximate surface area is 180 Å². The van der Waals surface area contributed by atoms with E-state index in [0.29, 0.717) is 5.56 Å². The van der Waals surface area contributed by atoms with Crippen LogP contribution in [0, 0.1) is 5.82 Å². The monoisotopic (exact) mass is 436 g/mol. The number of rotatable bonds is 6. The highest BCUT2D eigenvalue weighted by Gasteiger charge is 2.19. The van der Waals surface area contributed by atoms with Gasteiger partial charge in [0.15, 0.2) is 0 Å². The number of fused-ring (bicyclic) bond motifs is 1. The quantitative estimate of drug-likeness (QED) is 0.462. The molecule has 0 radical (unpaired) electrons. The topological polar surface area (TPSA) is 116 Å². The van der Waals surface area contributed by atoms with Gasteiger partial charge in [0.25, 0.3) is 11.3 Å². The lowest BCUT2D eigenvalue weighted by molar-refractivity contribution is -0.116. The SMILES string of the molecule is CCOC(=O)c1ccccc1NC(=O)Cn1cnc2onc(-c3cccc(F)c3)c2c1=O. The molecule has 0 fully saturated rings. The Balaban J connectivity index is 1.63. The number of hydrogen-bond acceptors (Lipinski definition) is 7. The van der Waals surface area contributed by atoms with Crippen LogP contribution in [0.2, 0.25) is 0 Å². The number of hydrogen-bond donors (Lipinski definition) is 1. The minimum atomic E-state index is -0.579. The Kier molecular flexibility index (Phi) is 5.75. The molecule has 162 valence electrons. The van der Waals surface area contributed by atoms with E-state index in [9.17, 15) is 18.8 Å². The largest absolute Gasteiger partial charge is 0.462 e. The molecule has 0 unspecified atom stereocenters. The fourth-order valence-electron chi connectivity index (χ4n) is 3.15. The molecule has 0 aliphatic heterocycles. The van der Waals surface area contributed by atoms with Gasteiger partial charge in [-0.3, -0.25) is 14.2 Å². The van der Waals surface area contributed by atoms with Crippen LogP contribution in [-0.4, -0.2) is 33.2 Å². The minimum Gasteiger partial charge on any atom is -0.462 e. The van der Waals surface area contributed by atoms with Crippen molar-refractivity contribution < 1.29 is 23.2 Å². The summed E-state index contributed by atoms with van der Waals surface area (Å²) in [6.07, 6.45) is 1.15. The summed E-state index contributed by atoms with van der Waals surface area (Å²) in [6, 6.07) is 11.9. The summed E-state index contributed by atoms with van der Waals surface area (Å²) < 4.78 is 24.8. The standard InChI is InChI=1S/C22H17FN4O5/c1-2-31-22(30)15-8-3-4-9-16(15)25-17(28)11-27-12-24-20-18(21(27)29)19(26-32-20)13-6-5-7-14(23)10-13/h3-10,12H,2,11H2,1H3,(H,25,28). The Morgan fingerprint density at radius 2 is 2.00 bits per heavy atom. The molecule has 10 heteroatoms. The lowest BCUT2D eigenvalue weighted by Crippen LogP contribution is -2.28. The van der Waals surface area contributed by atoms with E-state index < -0.39 is 23.3 Å². The molecule has 0 spiro atoms. The van der Waals surface area contributed by atoms with Crippen LogP contribution < -0.4 is 10.9 Å². The molecular formula is C22H17FN4O5. The smallest absolute Gasteiger partial charge is 0.340 e. The van der Waals surface area contributed by atoms with Crippen molar-refractivity contribution in [2.24, 2.45) is 0 Å². The van der Waals surface area contributed by atoms with Crippen LogP contribution in [0.3, 0.4) is 0 Å². The van der Waals surface area contributed by atoms with Gasteiger partial charge in [-0.2, -0.15) is 0 Å². The number of para-hydroxylation sites is 1. The molecule has 2 aromatic carbocycles. The van der Waals surface area contributed by atoms with Crippen molar-refractivity contribution in [3.05, 3.63) is 76.6 Å². The number of carbonyl (C=O) groups excluding carboxylic acids is 2. The molecule has 1 amide bonds. The van der Waals surface area contributed by atoms with E-state index in [1.165, 1.54) is 24.3 Å². The predicted molar refractivity (Wildman–Crippen MR) is 112 cm³/mol. The first kappa shape index (κ1) is 20.9. The summed E-state index contributed by atoms with van der Waals surface area (Å²) in [7, 11) is 0. The fourth-order valence-corrected chi connectivity index (χ4v) is 3.15. The number of carbonyl (C=O) groups is 2. The number of nitrogens with one attached hydrogen (secondary N) is 1. The normalized spacial score (nSPS) is 10.8. The molecule has 4 aromatic rings. The van der Waals surface area contributed by atoms with Gasteiger partial charge in [0, 0.05) is 5.56 Å². The first-order valence-corrected chi connectivity index (χ1v) is 9.64. The molecule has 1 N–H and O–H groups in total. The van der Waals surface area contributed by atoms with Gasteiger partial charge >= 0.3 is 5.97 Å². The van der Waals surface area contributed by atoms with Gasteiger partial charge in [-0.25, -0.2) is 14.2 Å².